The van der Waals surface area contributed by atoms with Gasteiger partial charge in [-0.1, -0.05) is 30.0 Å². The fraction of sp³-hybridized carbons (Fsp3) is 0.273. The Labute approximate surface area is 78.6 Å². The van der Waals surface area contributed by atoms with Gasteiger partial charge >= 0.3 is 0 Å². The molecule has 0 fully saturated rings. The highest BCUT2D eigenvalue weighted by Gasteiger charge is 1.81. The molecule has 0 saturated heterocycles. The number of hydrogen-bond donors (Lipinski definition) is 2. The summed E-state index contributed by atoms with van der Waals surface area (Å²) in [5, 5.41) is 11.5. The van der Waals surface area contributed by atoms with Gasteiger partial charge in [-0.3, -0.25) is 0 Å². The molecule has 2 heteroatoms. The van der Waals surface area contributed by atoms with Crippen molar-refractivity contribution >= 4 is 0 Å². The third-order valence-corrected chi connectivity index (χ3v) is 1.51. The van der Waals surface area contributed by atoms with Gasteiger partial charge in [0, 0.05) is 12.1 Å². The lowest BCUT2D eigenvalue weighted by Gasteiger charge is -1.92. The van der Waals surface area contributed by atoms with E-state index in [9.17, 15) is 0 Å². The topological polar surface area (TPSA) is 32.3 Å². The smallest absolute Gasteiger partial charge is 0.0581 e. The Balaban J connectivity index is 2.31. The third-order valence-electron chi connectivity index (χ3n) is 1.51. The van der Waals surface area contributed by atoms with Crippen LogP contribution in [0.25, 0.3) is 0 Å². The fourth-order valence-corrected chi connectivity index (χ4v) is 0.898. The monoisotopic (exact) mass is 175 g/mol. The number of aliphatic hydroxyl groups is 1. The maximum Gasteiger partial charge on any atom is 0.0581 e. The van der Waals surface area contributed by atoms with Crippen molar-refractivity contribution in [1.82, 2.24) is 5.32 Å². The second-order valence-electron chi connectivity index (χ2n) is 2.57. The fourth-order valence-electron chi connectivity index (χ4n) is 0.898. The van der Waals surface area contributed by atoms with E-state index in [4.69, 9.17) is 5.11 Å². The molecule has 0 amide bonds. The standard InChI is InChI=1S/C11H13NO/c13-10-9-12-8-4-7-11-5-2-1-3-6-11/h1-3,5-6,12-13H,8-10H2. The normalized spacial score (nSPS) is 9.00. The van der Waals surface area contributed by atoms with Crippen LogP contribution in [-0.4, -0.2) is 24.8 Å². The van der Waals surface area contributed by atoms with Crippen molar-refractivity contribution in [3.05, 3.63) is 35.9 Å². The molecule has 0 bridgehead atoms. The van der Waals surface area contributed by atoms with Crippen molar-refractivity contribution in [3.8, 4) is 11.8 Å². The Morgan fingerprint density at radius 3 is 2.69 bits per heavy atom. The summed E-state index contributed by atoms with van der Waals surface area (Å²) in [7, 11) is 0. The van der Waals surface area contributed by atoms with Crippen LogP contribution in [0.4, 0.5) is 0 Å². The highest BCUT2D eigenvalue weighted by Crippen LogP contribution is 1.93. The van der Waals surface area contributed by atoms with Gasteiger partial charge in [0.25, 0.3) is 0 Å². The Hall–Kier alpha value is -1.30. The molecule has 1 rings (SSSR count). The first-order valence-corrected chi connectivity index (χ1v) is 4.29. The van der Waals surface area contributed by atoms with Crippen molar-refractivity contribution in [2.75, 3.05) is 19.7 Å². The highest BCUT2D eigenvalue weighted by molar-refractivity contribution is 5.33. The summed E-state index contributed by atoms with van der Waals surface area (Å²) in [6, 6.07) is 9.84. The zero-order chi connectivity index (χ0) is 9.36. The van der Waals surface area contributed by atoms with Gasteiger partial charge in [0.15, 0.2) is 0 Å². The molecule has 68 valence electrons. The molecule has 0 aromatic heterocycles. The molecule has 13 heavy (non-hydrogen) atoms. The van der Waals surface area contributed by atoms with Crippen LogP contribution in [-0.2, 0) is 0 Å². The maximum atomic E-state index is 8.47. The lowest BCUT2D eigenvalue weighted by molar-refractivity contribution is 0.295. The van der Waals surface area contributed by atoms with Gasteiger partial charge in [-0.2, -0.15) is 0 Å². The summed E-state index contributed by atoms with van der Waals surface area (Å²) in [6.07, 6.45) is 0. The van der Waals surface area contributed by atoms with Gasteiger partial charge in [-0.05, 0) is 12.1 Å². The number of hydrogen-bond acceptors (Lipinski definition) is 2. The van der Waals surface area contributed by atoms with Crippen LogP contribution in [0, 0.1) is 11.8 Å². The van der Waals surface area contributed by atoms with Crippen molar-refractivity contribution in [2.45, 2.75) is 0 Å². The number of benzene rings is 1. The Kier molecular flexibility index (Phi) is 4.70. The van der Waals surface area contributed by atoms with E-state index in [1.165, 1.54) is 0 Å². The van der Waals surface area contributed by atoms with Gasteiger partial charge in [0.05, 0.1) is 13.2 Å². The summed E-state index contributed by atoms with van der Waals surface area (Å²) in [5.41, 5.74) is 1.02. The van der Waals surface area contributed by atoms with E-state index in [1.54, 1.807) is 0 Å². The SMILES string of the molecule is OCCNCC#Cc1ccccc1. The van der Waals surface area contributed by atoms with Crippen molar-refractivity contribution in [1.29, 1.82) is 0 Å². The number of nitrogens with one attached hydrogen (secondary N) is 1. The maximum absolute atomic E-state index is 8.47. The molecule has 0 aliphatic heterocycles. The Bertz CT molecular complexity index is 284. The quantitative estimate of drug-likeness (QED) is 0.521. The number of aliphatic hydroxyl groups excluding tert-OH is 1. The van der Waals surface area contributed by atoms with E-state index < -0.39 is 0 Å². The molecule has 0 radical (unpaired) electrons. The van der Waals surface area contributed by atoms with Crippen LogP contribution < -0.4 is 5.32 Å². The first kappa shape index (κ1) is 9.79. The molecule has 0 atom stereocenters. The highest BCUT2D eigenvalue weighted by atomic mass is 16.3. The predicted octanol–water partition coefficient (Wildman–Crippen LogP) is 0.620. The molecule has 2 nitrogen and oxygen atoms in total. The van der Waals surface area contributed by atoms with E-state index in [-0.39, 0.29) is 6.61 Å². The van der Waals surface area contributed by atoms with Crippen LogP contribution in [0.1, 0.15) is 5.56 Å². The van der Waals surface area contributed by atoms with Crippen LogP contribution in [0.5, 0.6) is 0 Å². The lowest BCUT2D eigenvalue weighted by atomic mass is 10.2. The first-order valence-electron chi connectivity index (χ1n) is 4.29. The molecule has 0 aliphatic rings. The van der Waals surface area contributed by atoms with Crippen molar-refractivity contribution in [3.63, 3.8) is 0 Å². The minimum atomic E-state index is 0.160. The van der Waals surface area contributed by atoms with Gasteiger partial charge in [0.2, 0.25) is 0 Å². The van der Waals surface area contributed by atoms with Gasteiger partial charge in [0.1, 0.15) is 0 Å². The largest absolute Gasteiger partial charge is 0.395 e. The van der Waals surface area contributed by atoms with Gasteiger partial charge < -0.3 is 10.4 Å². The zero-order valence-electron chi connectivity index (χ0n) is 7.46. The van der Waals surface area contributed by atoms with E-state index in [1.807, 2.05) is 30.3 Å². The van der Waals surface area contributed by atoms with Crippen LogP contribution in [0.15, 0.2) is 30.3 Å². The Morgan fingerprint density at radius 1 is 1.23 bits per heavy atom. The van der Waals surface area contributed by atoms with E-state index in [0.717, 1.165) is 5.56 Å². The molecular formula is C11H13NO. The van der Waals surface area contributed by atoms with E-state index in [0.29, 0.717) is 13.1 Å². The van der Waals surface area contributed by atoms with Crippen LogP contribution >= 0.6 is 0 Å². The van der Waals surface area contributed by atoms with E-state index in [2.05, 4.69) is 17.2 Å². The predicted molar refractivity (Wildman–Crippen MR) is 53.3 cm³/mol. The first-order chi connectivity index (χ1) is 6.43. The molecule has 1 aromatic rings. The summed E-state index contributed by atoms with van der Waals surface area (Å²) < 4.78 is 0. The third kappa shape index (κ3) is 4.32. The second kappa shape index (κ2) is 6.24. The summed E-state index contributed by atoms with van der Waals surface area (Å²) >= 11 is 0. The lowest BCUT2D eigenvalue weighted by Crippen LogP contribution is -2.17. The molecule has 0 heterocycles. The average Bonchev–Trinajstić information content (AvgIpc) is 2.19. The van der Waals surface area contributed by atoms with E-state index >= 15 is 0 Å². The summed E-state index contributed by atoms with van der Waals surface area (Å²) in [5.74, 6) is 5.97. The molecule has 0 spiro atoms. The molecular weight excluding hydrogens is 162 g/mol. The minimum Gasteiger partial charge on any atom is -0.395 e. The summed E-state index contributed by atoms with van der Waals surface area (Å²) in [6.45, 7) is 1.38. The van der Waals surface area contributed by atoms with Crippen molar-refractivity contribution < 1.29 is 5.11 Å². The second-order valence-corrected chi connectivity index (χ2v) is 2.57. The summed E-state index contributed by atoms with van der Waals surface area (Å²) in [4.78, 5) is 0. The Morgan fingerprint density at radius 2 is 2.00 bits per heavy atom. The van der Waals surface area contributed by atoms with Crippen LogP contribution in [0.2, 0.25) is 0 Å². The van der Waals surface area contributed by atoms with Gasteiger partial charge in [-0.25, -0.2) is 0 Å². The van der Waals surface area contributed by atoms with Gasteiger partial charge in [-0.15, -0.1) is 0 Å². The molecule has 0 unspecified atom stereocenters. The number of rotatable bonds is 3. The minimum absolute atomic E-state index is 0.160. The van der Waals surface area contributed by atoms with Crippen molar-refractivity contribution in [2.24, 2.45) is 0 Å². The average molecular weight is 175 g/mol. The zero-order valence-corrected chi connectivity index (χ0v) is 7.46. The van der Waals surface area contributed by atoms with Crippen LogP contribution in [0.3, 0.4) is 0 Å². The molecule has 0 saturated carbocycles. The molecule has 0 aliphatic carbocycles. The molecule has 2 N–H and O–H groups in total. The molecule has 1 aromatic carbocycles.